The van der Waals surface area contributed by atoms with Crippen LogP contribution in [0, 0.1) is 0 Å². The highest BCUT2D eigenvalue weighted by Gasteiger charge is 2.14. The molecule has 0 fully saturated rings. The second kappa shape index (κ2) is 7.28. The quantitative estimate of drug-likeness (QED) is 0.199. The Hall–Kier alpha value is -2.86. The van der Waals surface area contributed by atoms with Gasteiger partial charge in [-0.2, -0.15) is 0 Å². The summed E-state index contributed by atoms with van der Waals surface area (Å²) in [6.45, 7) is 11.0. The minimum absolute atomic E-state index is 1.03. The van der Waals surface area contributed by atoms with Crippen LogP contribution in [-0.4, -0.2) is 0 Å². The van der Waals surface area contributed by atoms with Crippen LogP contribution in [-0.2, 0) is 6.42 Å². The zero-order chi connectivity index (χ0) is 19.8. The topological polar surface area (TPSA) is 0 Å². The molecular weight excluding hydrogens is 336 g/mol. The van der Waals surface area contributed by atoms with Crippen molar-refractivity contribution in [3.8, 4) is 0 Å². The van der Waals surface area contributed by atoms with Gasteiger partial charge in [-0.1, -0.05) is 79.3 Å². The molecule has 28 heavy (non-hydrogen) atoms. The molecule has 0 aliphatic carbocycles. The van der Waals surface area contributed by atoms with Crippen LogP contribution in [0.4, 0.5) is 0 Å². The van der Waals surface area contributed by atoms with Gasteiger partial charge in [0.05, 0.1) is 0 Å². The summed E-state index contributed by atoms with van der Waals surface area (Å²) in [6.07, 6.45) is 7.76. The molecule has 0 radical (unpaired) electrons. The summed E-state index contributed by atoms with van der Waals surface area (Å²) in [6, 6.07) is 18.1. The van der Waals surface area contributed by atoms with Crippen molar-refractivity contribution >= 4 is 44.0 Å². The lowest BCUT2D eigenvalue weighted by Crippen LogP contribution is -2.11. The molecule has 0 aliphatic heterocycles. The summed E-state index contributed by atoms with van der Waals surface area (Å²) < 4.78 is 0. The second-order valence-corrected chi connectivity index (χ2v) is 7.87. The standard InChI is InChI=1S/C28H28/c1-6-21-23(19(5)15-14-18(3)4)16-17-26-25-13-9-11-20-10-8-12-24(27(20)25)22(7-2)28(21)26/h6,8-17H,7H2,1-5H3/b19-15+,21-6-. The molecule has 0 spiro atoms. The summed E-state index contributed by atoms with van der Waals surface area (Å²) in [7, 11) is 0. The molecule has 0 aromatic heterocycles. The molecule has 4 rings (SSSR count). The Bertz CT molecular complexity index is 1300. The fourth-order valence-corrected chi connectivity index (χ4v) is 4.51. The van der Waals surface area contributed by atoms with Gasteiger partial charge in [0.25, 0.3) is 0 Å². The molecule has 0 N–H and O–H groups in total. The number of aryl methyl sites for hydroxylation is 1. The highest BCUT2D eigenvalue weighted by Crippen LogP contribution is 2.36. The second-order valence-electron chi connectivity index (χ2n) is 7.87. The first kappa shape index (κ1) is 18.5. The van der Waals surface area contributed by atoms with Crippen LogP contribution in [0.5, 0.6) is 0 Å². The van der Waals surface area contributed by atoms with Crippen molar-refractivity contribution < 1.29 is 0 Å². The highest BCUT2D eigenvalue weighted by atomic mass is 14.2. The van der Waals surface area contributed by atoms with Crippen LogP contribution >= 0.6 is 0 Å². The lowest BCUT2D eigenvalue weighted by atomic mass is 9.87. The van der Waals surface area contributed by atoms with Crippen molar-refractivity contribution in [3.05, 3.63) is 82.6 Å². The number of rotatable bonds is 3. The minimum atomic E-state index is 1.03. The van der Waals surface area contributed by atoms with E-state index in [0.29, 0.717) is 0 Å². The molecular formula is C28H28. The van der Waals surface area contributed by atoms with Gasteiger partial charge in [0.1, 0.15) is 0 Å². The van der Waals surface area contributed by atoms with E-state index in [4.69, 9.17) is 0 Å². The predicted octanol–water partition coefficient (Wildman–Crippen LogP) is 7.60. The summed E-state index contributed by atoms with van der Waals surface area (Å²) in [4.78, 5) is 0. The van der Waals surface area contributed by atoms with E-state index in [-0.39, 0.29) is 0 Å². The number of hydrogen-bond donors (Lipinski definition) is 0. The van der Waals surface area contributed by atoms with Gasteiger partial charge >= 0.3 is 0 Å². The summed E-state index contributed by atoms with van der Waals surface area (Å²) in [5, 5.41) is 9.64. The van der Waals surface area contributed by atoms with E-state index < -0.39 is 0 Å². The zero-order valence-electron chi connectivity index (χ0n) is 17.6. The fourth-order valence-electron chi connectivity index (χ4n) is 4.51. The number of hydrogen-bond acceptors (Lipinski definition) is 0. The van der Waals surface area contributed by atoms with Crippen LogP contribution in [0.15, 0.2) is 66.3 Å². The van der Waals surface area contributed by atoms with Crippen molar-refractivity contribution in [3.63, 3.8) is 0 Å². The van der Waals surface area contributed by atoms with Crippen molar-refractivity contribution in [1.29, 1.82) is 0 Å². The molecule has 0 aliphatic rings. The highest BCUT2D eigenvalue weighted by molar-refractivity contribution is 6.23. The molecule has 0 heterocycles. The lowest BCUT2D eigenvalue weighted by Gasteiger charge is -2.17. The Balaban J connectivity index is 2.23. The van der Waals surface area contributed by atoms with Gasteiger partial charge in [-0.3, -0.25) is 0 Å². The van der Waals surface area contributed by atoms with E-state index >= 15 is 0 Å². The Morgan fingerprint density at radius 3 is 2.11 bits per heavy atom. The normalized spacial score (nSPS) is 13.0. The number of fused-ring (bicyclic) bond motifs is 2. The monoisotopic (exact) mass is 364 g/mol. The third-order valence-electron chi connectivity index (χ3n) is 5.80. The first-order chi connectivity index (χ1) is 13.6. The van der Waals surface area contributed by atoms with E-state index in [1.54, 1.807) is 0 Å². The number of allylic oxidation sites excluding steroid dienone is 4. The molecule has 4 aromatic carbocycles. The average molecular weight is 365 g/mol. The van der Waals surface area contributed by atoms with Crippen LogP contribution in [0.25, 0.3) is 44.0 Å². The first-order valence-electron chi connectivity index (χ1n) is 10.2. The smallest absolute Gasteiger partial charge is 0.00296 e. The van der Waals surface area contributed by atoms with E-state index in [0.717, 1.165) is 6.42 Å². The van der Waals surface area contributed by atoms with Gasteiger partial charge < -0.3 is 0 Å². The molecule has 0 nitrogen and oxygen atoms in total. The molecule has 4 aromatic rings. The summed E-state index contributed by atoms with van der Waals surface area (Å²) in [5.41, 5.74) is 5.42. The van der Waals surface area contributed by atoms with E-state index in [2.05, 4.69) is 101 Å². The Morgan fingerprint density at radius 2 is 1.46 bits per heavy atom. The van der Waals surface area contributed by atoms with E-state index in [1.807, 2.05) is 0 Å². The Morgan fingerprint density at radius 1 is 0.786 bits per heavy atom. The molecule has 0 unspecified atom stereocenters. The molecule has 0 bridgehead atoms. The van der Waals surface area contributed by atoms with Crippen molar-refractivity contribution in [2.24, 2.45) is 0 Å². The third kappa shape index (κ3) is 2.85. The maximum atomic E-state index is 2.33. The van der Waals surface area contributed by atoms with Gasteiger partial charge in [-0.05, 0) is 88.4 Å². The zero-order valence-corrected chi connectivity index (χ0v) is 17.6. The largest absolute Gasteiger partial charge is 0.0791 e. The third-order valence-corrected chi connectivity index (χ3v) is 5.80. The van der Waals surface area contributed by atoms with Gasteiger partial charge in [-0.15, -0.1) is 0 Å². The predicted molar refractivity (Wildman–Crippen MR) is 127 cm³/mol. The molecule has 0 heteroatoms. The van der Waals surface area contributed by atoms with Crippen LogP contribution < -0.4 is 5.22 Å². The van der Waals surface area contributed by atoms with Gasteiger partial charge in [-0.25, -0.2) is 0 Å². The van der Waals surface area contributed by atoms with Crippen molar-refractivity contribution in [2.45, 2.75) is 41.0 Å². The van der Waals surface area contributed by atoms with Gasteiger partial charge in [0.15, 0.2) is 0 Å². The molecule has 0 saturated carbocycles. The molecule has 0 saturated heterocycles. The number of benzene rings is 4. The lowest BCUT2D eigenvalue weighted by molar-refractivity contribution is 1.18. The maximum Gasteiger partial charge on any atom is -0.00296 e. The molecule has 140 valence electrons. The fraction of sp³-hybridized carbons (Fsp3) is 0.214. The van der Waals surface area contributed by atoms with Gasteiger partial charge in [0.2, 0.25) is 0 Å². The molecule has 0 amide bonds. The SMILES string of the molecule is C/C=c1/c(/C(C)=C/C=C(C)C)ccc2c1c(CC)c1cccc3cccc2c31. The van der Waals surface area contributed by atoms with Crippen molar-refractivity contribution in [2.75, 3.05) is 0 Å². The Labute approximate surface area is 167 Å². The van der Waals surface area contributed by atoms with Crippen molar-refractivity contribution in [1.82, 2.24) is 0 Å². The summed E-state index contributed by atoms with van der Waals surface area (Å²) >= 11 is 0. The van der Waals surface area contributed by atoms with Gasteiger partial charge in [0, 0.05) is 0 Å². The van der Waals surface area contributed by atoms with Crippen LogP contribution in [0.1, 0.15) is 45.7 Å². The Kier molecular flexibility index (Phi) is 4.81. The van der Waals surface area contributed by atoms with Crippen LogP contribution in [0.3, 0.4) is 0 Å². The van der Waals surface area contributed by atoms with E-state index in [9.17, 15) is 0 Å². The first-order valence-corrected chi connectivity index (χ1v) is 10.2. The van der Waals surface area contributed by atoms with E-state index in [1.165, 1.54) is 59.8 Å². The van der Waals surface area contributed by atoms with Crippen LogP contribution in [0.2, 0.25) is 0 Å². The molecule has 0 atom stereocenters. The maximum absolute atomic E-state index is 2.33. The summed E-state index contributed by atoms with van der Waals surface area (Å²) in [5.74, 6) is 0. The minimum Gasteiger partial charge on any atom is -0.0791 e. The average Bonchev–Trinajstić information content (AvgIpc) is 2.71.